The highest BCUT2D eigenvalue weighted by molar-refractivity contribution is 9.10. The summed E-state index contributed by atoms with van der Waals surface area (Å²) in [4.78, 5) is 16.5. The van der Waals surface area contributed by atoms with E-state index in [2.05, 4.69) is 48.5 Å². The van der Waals surface area contributed by atoms with Crippen LogP contribution in [0.25, 0.3) is 5.65 Å². The predicted molar refractivity (Wildman–Crippen MR) is 125 cm³/mol. The first-order valence-electron chi connectivity index (χ1n) is 10.2. The van der Waals surface area contributed by atoms with E-state index in [0.717, 1.165) is 40.0 Å². The van der Waals surface area contributed by atoms with Gasteiger partial charge in [-0.15, -0.1) is 0 Å². The fourth-order valence-corrected chi connectivity index (χ4v) is 3.48. The van der Waals surface area contributed by atoms with Gasteiger partial charge in [-0.1, -0.05) is 24.3 Å². The van der Waals surface area contributed by atoms with Gasteiger partial charge in [0.2, 0.25) is 5.91 Å². The van der Waals surface area contributed by atoms with Crippen molar-refractivity contribution in [3.63, 3.8) is 0 Å². The van der Waals surface area contributed by atoms with Crippen LogP contribution in [0.3, 0.4) is 0 Å². The summed E-state index contributed by atoms with van der Waals surface area (Å²) in [7, 11) is 0. The minimum absolute atomic E-state index is 0.0744. The van der Waals surface area contributed by atoms with Crippen molar-refractivity contribution in [2.45, 2.75) is 32.4 Å². The fourth-order valence-electron chi connectivity index (χ4n) is 3.13. The molecule has 31 heavy (non-hydrogen) atoms. The van der Waals surface area contributed by atoms with Crippen molar-refractivity contribution in [1.29, 1.82) is 0 Å². The Labute approximate surface area is 188 Å². The van der Waals surface area contributed by atoms with Gasteiger partial charge in [0, 0.05) is 24.2 Å². The number of carbonyl (C=O) groups is 1. The van der Waals surface area contributed by atoms with Crippen molar-refractivity contribution in [3.05, 3.63) is 58.7 Å². The van der Waals surface area contributed by atoms with Gasteiger partial charge in [-0.3, -0.25) is 4.79 Å². The second-order valence-corrected chi connectivity index (χ2v) is 8.65. The third-order valence-electron chi connectivity index (χ3n) is 5.17. The zero-order chi connectivity index (χ0) is 22.0. The average Bonchev–Trinajstić information content (AvgIpc) is 3.55. The van der Waals surface area contributed by atoms with Crippen LogP contribution in [-0.2, 0) is 11.3 Å². The third-order valence-corrected chi connectivity index (χ3v) is 5.73. The van der Waals surface area contributed by atoms with Crippen LogP contribution in [0.4, 0.5) is 17.3 Å². The molecule has 0 saturated heterocycles. The molecule has 4 rings (SSSR count). The van der Waals surface area contributed by atoms with E-state index in [9.17, 15) is 9.90 Å². The molecule has 1 fully saturated rings. The first kappa shape index (κ1) is 21.3. The number of aliphatic hydroxyl groups is 1. The van der Waals surface area contributed by atoms with Crippen molar-refractivity contribution in [2.75, 3.05) is 22.6 Å². The highest BCUT2D eigenvalue weighted by Gasteiger charge is 2.29. The molecule has 1 aliphatic carbocycles. The molecule has 9 heteroatoms. The molecule has 2 aromatic heterocycles. The van der Waals surface area contributed by atoms with Gasteiger partial charge in [0.05, 0.1) is 23.3 Å². The van der Waals surface area contributed by atoms with E-state index in [4.69, 9.17) is 0 Å². The Hall–Kier alpha value is -2.91. The molecule has 1 aromatic carbocycles. The Balaban J connectivity index is 1.49. The standard InChI is InChI=1S/C22H25BrN6O2/c1-13(2)18(12-30)27-19-9-20(29-21(28-19)17(23)11-25-29)24-10-14-3-7-16(8-4-14)26-22(31)15-5-6-15/h3-4,7-9,11,15,18,24,30H,1,5-6,10,12H2,2H3,(H,26,31)(H,27,28)/t18-/m1/s1. The van der Waals surface area contributed by atoms with Gasteiger partial charge in [-0.25, -0.2) is 4.98 Å². The Morgan fingerprint density at radius 1 is 1.35 bits per heavy atom. The molecule has 0 unspecified atom stereocenters. The zero-order valence-corrected chi connectivity index (χ0v) is 18.8. The largest absolute Gasteiger partial charge is 0.394 e. The Bertz CT molecular complexity index is 1110. The Kier molecular flexibility index (Phi) is 6.24. The van der Waals surface area contributed by atoms with E-state index in [-0.39, 0.29) is 24.5 Å². The fraction of sp³-hybridized carbons (Fsp3) is 0.318. The number of hydrogen-bond donors (Lipinski definition) is 4. The van der Waals surface area contributed by atoms with Gasteiger partial charge >= 0.3 is 0 Å². The monoisotopic (exact) mass is 484 g/mol. The smallest absolute Gasteiger partial charge is 0.227 e. The molecule has 1 atom stereocenters. The number of anilines is 3. The maximum absolute atomic E-state index is 11.9. The van der Waals surface area contributed by atoms with E-state index >= 15 is 0 Å². The summed E-state index contributed by atoms with van der Waals surface area (Å²) in [6.07, 6.45) is 3.66. The molecular formula is C22H25BrN6O2. The van der Waals surface area contributed by atoms with Crippen LogP contribution >= 0.6 is 15.9 Å². The van der Waals surface area contributed by atoms with Gasteiger partial charge < -0.3 is 21.1 Å². The molecular weight excluding hydrogens is 460 g/mol. The number of carbonyl (C=O) groups excluding carboxylic acids is 1. The van der Waals surface area contributed by atoms with Crippen molar-refractivity contribution >= 4 is 44.8 Å². The van der Waals surface area contributed by atoms with Crippen molar-refractivity contribution in [2.24, 2.45) is 5.92 Å². The summed E-state index contributed by atoms with van der Waals surface area (Å²) >= 11 is 3.48. The molecule has 0 spiro atoms. The lowest BCUT2D eigenvalue weighted by Crippen LogP contribution is -2.25. The molecule has 0 aliphatic heterocycles. The van der Waals surface area contributed by atoms with E-state index in [0.29, 0.717) is 18.0 Å². The van der Waals surface area contributed by atoms with Crippen LogP contribution < -0.4 is 16.0 Å². The van der Waals surface area contributed by atoms with Gasteiger partial charge in [-0.05, 0) is 53.4 Å². The lowest BCUT2D eigenvalue weighted by Gasteiger charge is -2.18. The SMILES string of the molecule is C=C(C)[C@@H](CO)Nc1cc(NCc2ccc(NC(=O)C3CC3)cc2)n2ncc(Br)c2n1. The van der Waals surface area contributed by atoms with Gasteiger partial charge in [-0.2, -0.15) is 9.61 Å². The maximum atomic E-state index is 11.9. The van der Waals surface area contributed by atoms with Crippen LogP contribution in [0.1, 0.15) is 25.3 Å². The normalized spacial score (nSPS) is 14.3. The quantitative estimate of drug-likeness (QED) is 0.344. The topological polar surface area (TPSA) is 104 Å². The maximum Gasteiger partial charge on any atom is 0.227 e. The van der Waals surface area contributed by atoms with Crippen LogP contribution in [0.5, 0.6) is 0 Å². The number of benzene rings is 1. The summed E-state index contributed by atoms with van der Waals surface area (Å²) in [5.74, 6) is 1.64. The first-order valence-corrected chi connectivity index (χ1v) is 10.9. The molecule has 8 nitrogen and oxygen atoms in total. The van der Waals surface area contributed by atoms with Gasteiger partial charge in [0.15, 0.2) is 5.65 Å². The van der Waals surface area contributed by atoms with Crippen molar-refractivity contribution in [1.82, 2.24) is 14.6 Å². The summed E-state index contributed by atoms with van der Waals surface area (Å²) in [5, 5.41) is 23.5. The van der Waals surface area contributed by atoms with E-state index in [1.165, 1.54) is 0 Å². The Morgan fingerprint density at radius 2 is 2.10 bits per heavy atom. The van der Waals surface area contributed by atoms with Crippen LogP contribution in [0, 0.1) is 5.92 Å². The number of rotatable bonds is 9. The number of fused-ring (bicyclic) bond motifs is 1. The zero-order valence-electron chi connectivity index (χ0n) is 17.2. The van der Waals surface area contributed by atoms with E-state index < -0.39 is 0 Å². The molecule has 1 aliphatic rings. The number of aliphatic hydroxyl groups excluding tert-OH is 1. The van der Waals surface area contributed by atoms with Crippen molar-refractivity contribution in [3.8, 4) is 0 Å². The Morgan fingerprint density at radius 3 is 2.74 bits per heavy atom. The summed E-state index contributed by atoms with van der Waals surface area (Å²) in [6, 6.07) is 9.35. The number of aromatic nitrogens is 3. The molecule has 0 radical (unpaired) electrons. The average molecular weight is 485 g/mol. The minimum atomic E-state index is -0.289. The molecule has 2 heterocycles. The number of nitrogens with one attached hydrogen (secondary N) is 3. The van der Waals surface area contributed by atoms with Crippen molar-refractivity contribution < 1.29 is 9.90 Å². The highest BCUT2D eigenvalue weighted by atomic mass is 79.9. The van der Waals surface area contributed by atoms with Crippen LogP contribution in [-0.4, -0.2) is 38.3 Å². The van der Waals surface area contributed by atoms with Gasteiger partial charge in [0.1, 0.15) is 11.6 Å². The summed E-state index contributed by atoms with van der Waals surface area (Å²) in [6.45, 7) is 6.26. The molecule has 162 valence electrons. The highest BCUT2D eigenvalue weighted by Crippen LogP contribution is 2.30. The summed E-state index contributed by atoms with van der Waals surface area (Å²) < 4.78 is 2.49. The number of nitrogens with zero attached hydrogens (tertiary/aromatic N) is 3. The number of amides is 1. The molecule has 1 saturated carbocycles. The summed E-state index contributed by atoms with van der Waals surface area (Å²) in [5.41, 5.74) is 3.35. The van der Waals surface area contributed by atoms with E-state index in [1.807, 2.05) is 37.3 Å². The lowest BCUT2D eigenvalue weighted by atomic mass is 10.1. The lowest BCUT2D eigenvalue weighted by molar-refractivity contribution is -0.117. The minimum Gasteiger partial charge on any atom is -0.394 e. The second-order valence-electron chi connectivity index (χ2n) is 7.79. The van der Waals surface area contributed by atoms with Gasteiger partial charge in [0.25, 0.3) is 0 Å². The number of halogens is 1. The van der Waals surface area contributed by atoms with E-state index in [1.54, 1.807) is 10.7 Å². The van der Waals surface area contributed by atoms with Crippen LogP contribution in [0.15, 0.2) is 53.2 Å². The third kappa shape index (κ3) is 5.05. The molecule has 3 aromatic rings. The number of hydrogen-bond acceptors (Lipinski definition) is 6. The predicted octanol–water partition coefficient (Wildman–Crippen LogP) is 3.80. The molecule has 4 N–H and O–H groups in total. The molecule has 1 amide bonds. The molecule has 0 bridgehead atoms. The first-order chi connectivity index (χ1) is 14.9. The van der Waals surface area contributed by atoms with Crippen LogP contribution in [0.2, 0.25) is 0 Å². The second kappa shape index (κ2) is 9.07.